The summed E-state index contributed by atoms with van der Waals surface area (Å²) in [6.07, 6.45) is 2.48. The molecule has 0 radical (unpaired) electrons. The first-order valence-corrected chi connectivity index (χ1v) is 4.05. The fraction of sp³-hybridized carbons (Fsp3) is 0.800. The highest BCUT2D eigenvalue weighted by Crippen LogP contribution is 1.97. The van der Waals surface area contributed by atoms with Gasteiger partial charge in [0.05, 0.1) is 0 Å². The second-order valence-corrected chi connectivity index (χ2v) is 2.71. The summed E-state index contributed by atoms with van der Waals surface area (Å²) in [6.45, 7) is 0. The third kappa shape index (κ3) is 6.25. The molecule has 3 N–H and O–H groups in total. The van der Waals surface area contributed by atoms with Crippen LogP contribution >= 0.6 is 11.8 Å². The lowest BCUT2D eigenvalue weighted by molar-refractivity contribution is -0.138. The standard InChI is InChI=1S/C5H11NO2S.H2S/c1-9-3-2-4(6)5(7)8;/h4H,2-3,6H2,1H3,(H,7,8);1H2/p+1. The van der Waals surface area contributed by atoms with E-state index < -0.39 is 12.0 Å². The van der Waals surface area contributed by atoms with Gasteiger partial charge in [-0.3, -0.25) is 4.79 Å². The lowest BCUT2D eigenvalue weighted by Gasteiger charge is -2.02. The lowest BCUT2D eigenvalue weighted by Crippen LogP contribution is -2.30. The summed E-state index contributed by atoms with van der Waals surface area (Å²) in [7, 11) is 0. The Morgan fingerprint density at radius 1 is 1.80 bits per heavy atom. The van der Waals surface area contributed by atoms with E-state index in [1.54, 1.807) is 11.8 Å². The number of hydrogen-bond donors (Lipinski definition) is 2. The Bertz CT molecular complexity index is 99.6. The Hall–Kier alpha value is 0.130. The van der Waals surface area contributed by atoms with E-state index in [4.69, 9.17) is 10.8 Å². The molecule has 0 saturated heterocycles. The summed E-state index contributed by atoms with van der Waals surface area (Å²) in [4.78, 5) is 10.1. The molecule has 0 fully saturated rings. The minimum absolute atomic E-state index is 0. The van der Waals surface area contributed by atoms with Crippen LogP contribution in [0.5, 0.6) is 0 Å². The molecule has 0 aliphatic rings. The molecule has 62 valence electrons. The summed E-state index contributed by atoms with van der Waals surface area (Å²) in [5.74, 6) is -0.1000. The van der Waals surface area contributed by atoms with Crippen LogP contribution in [0.2, 0.25) is 0 Å². The van der Waals surface area contributed by atoms with Crippen molar-refractivity contribution in [1.82, 2.24) is 0 Å². The predicted octanol–water partition coefficient (Wildman–Crippen LogP) is -0.654. The van der Waals surface area contributed by atoms with Gasteiger partial charge in [0, 0.05) is 0 Å². The smallest absolute Gasteiger partial charge is 0.320 e. The normalized spacial score (nSPS) is 11.8. The van der Waals surface area contributed by atoms with Crippen molar-refractivity contribution in [3.05, 3.63) is 0 Å². The van der Waals surface area contributed by atoms with Crippen LogP contribution in [-0.2, 0) is 18.3 Å². The molecule has 0 saturated carbocycles. The van der Waals surface area contributed by atoms with Gasteiger partial charge < -0.3 is 10.8 Å². The summed E-state index contributed by atoms with van der Waals surface area (Å²) < 4.78 is 0. The summed E-state index contributed by atoms with van der Waals surface area (Å²) in [5, 5.41) is 8.27. The first kappa shape index (κ1) is 12.8. The fourth-order valence-corrected chi connectivity index (χ4v) is 0.858. The third-order valence-electron chi connectivity index (χ3n) is 0.950. The zero-order valence-corrected chi connectivity index (χ0v) is 7.88. The lowest BCUT2D eigenvalue weighted by atomic mass is 10.2. The van der Waals surface area contributed by atoms with Crippen molar-refractivity contribution in [2.24, 2.45) is 5.73 Å². The average Bonchev–Trinajstić information content (AvgIpc) is 1.82. The molecule has 0 bridgehead atoms. The minimum atomic E-state index is -0.913. The van der Waals surface area contributed by atoms with Crippen LogP contribution in [0.1, 0.15) is 6.42 Å². The Morgan fingerprint density at radius 3 is 2.60 bits per heavy atom. The van der Waals surface area contributed by atoms with Crippen LogP contribution in [0.15, 0.2) is 0 Å². The summed E-state index contributed by atoms with van der Waals surface area (Å²) in [5.41, 5.74) is 5.19. The van der Waals surface area contributed by atoms with Crippen molar-refractivity contribution >= 4 is 31.2 Å². The molecule has 0 aromatic rings. The van der Waals surface area contributed by atoms with E-state index in [1.165, 1.54) is 0 Å². The Kier molecular flexibility index (Phi) is 9.25. The van der Waals surface area contributed by atoms with E-state index in [-0.39, 0.29) is 13.5 Å². The fourth-order valence-electron chi connectivity index (χ4n) is 0.368. The molecular formula is C5H14NO2S2+. The third-order valence-corrected chi connectivity index (χ3v) is 1.59. The molecule has 5 heteroatoms. The van der Waals surface area contributed by atoms with Gasteiger partial charge in [-0.25, -0.2) is 0 Å². The number of hydrogen-bond acceptors (Lipinski definition) is 3. The highest BCUT2D eigenvalue weighted by Gasteiger charge is 2.08. The molecule has 1 atom stereocenters. The van der Waals surface area contributed by atoms with E-state index >= 15 is 0 Å². The maximum absolute atomic E-state index is 10.1. The maximum Gasteiger partial charge on any atom is 0.320 e. The van der Waals surface area contributed by atoms with Crippen molar-refractivity contribution in [3.8, 4) is 0 Å². The molecule has 10 heavy (non-hydrogen) atoms. The quantitative estimate of drug-likeness (QED) is 0.570. The molecule has 1 unspecified atom stereocenters. The molecule has 0 aromatic heterocycles. The summed E-state index contributed by atoms with van der Waals surface area (Å²) in [6, 6.07) is -0.683. The molecule has 0 aliphatic heterocycles. The van der Waals surface area contributed by atoms with Gasteiger partial charge in [0.15, 0.2) is 0 Å². The second-order valence-electron chi connectivity index (χ2n) is 1.73. The zero-order chi connectivity index (χ0) is 7.28. The number of carboxylic acid groups (broad SMARTS) is 1. The van der Waals surface area contributed by atoms with Gasteiger partial charge in [-0.15, -0.1) is 0 Å². The molecule has 0 aromatic carbocycles. The molecule has 0 heterocycles. The van der Waals surface area contributed by atoms with E-state index in [0.717, 1.165) is 5.75 Å². The van der Waals surface area contributed by atoms with E-state index in [0.29, 0.717) is 6.42 Å². The molecule has 3 nitrogen and oxygen atoms in total. The Balaban J connectivity index is 0. The number of aliphatic carboxylic acids is 1. The SMILES string of the molecule is CSCCC(N)C(=O)O.[SH3+]. The van der Waals surface area contributed by atoms with Crippen LogP contribution in [0.4, 0.5) is 0 Å². The van der Waals surface area contributed by atoms with Gasteiger partial charge in [-0.1, -0.05) is 13.5 Å². The highest BCUT2D eigenvalue weighted by molar-refractivity contribution is 7.98. The van der Waals surface area contributed by atoms with Crippen molar-refractivity contribution in [2.75, 3.05) is 12.0 Å². The first-order chi connectivity index (χ1) is 4.18. The number of carbonyl (C=O) groups is 1. The zero-order valence-electron chi connectivity index (χ0n) is 5.91. The van der Waals surface area contributed by atoms with Gasteiger partial charge in [0.1, 0.15) is 6.04 Å². The molecule has 0 rings (SSSR count). The average molecular weight is 184 g/mol. The molecule has 0 aliphatic carbocycles. The van der Waals surface area contributed by atoms with E-state index in [2.05, 4.69) is 0 Å². The van der Waals surface area contributed by atoms with Crippen molar-refractivity contribution in [3.63, 3.8) is 0 Å². The maximum atomic E-state index is 10.1. The minimum Gasteiger partial charge on any atom is -0.480 e. The Labute approximate surface area is 71.8 Å². The van der Waals surface area contributed by atoms with Crippen LogP contribution in [0, 0.1) is 0 Å². The number of rotatable bonds is 4. The molecule has 0 amide bonds. The van der Waals surface area contributed by atoms with Crippen LogP contribution < -0.4 is 5.73 Å². The van der Waals surface area contributed by atoms with Gasteiger partial charge in [0.25, 0.3) is 0 Å². The second kappa shape index (κ2) is 7.24. The molecular weight excluding hydrogens is 170 g/mol. The summed E-state index contributed by atoms with van der Waals surface area (Å²) >= 11 is 1.60. The van der Waals surface area contributed by atoms with E-state index in [1.807, 2.05) is 6.26 Å². The number of thioether (sulfide) groups is 1. The van der Waals surface area contributed by atoms with Gasteiger partial charge in [-0.05, 0) is 18.4 Å². The number of nitrogens with two attached hydrogens (primary N) is 1. The van der Waals surface area contributed by atoms with Gasteiger partial charge in [-0.2, -0.15) is 11.8 Å². The van der Waals surface area contributed by atoms with Gasteiger partial charge >= 0.3 is 5.97 Å². The topological polar surface area (TPSA) is 63.3 Å². The van der Waals surface area contributed by atoms with Crippen LogP contribution in [0.25, 0.3) is 0 Å². The van der Waals surface area contributed by atoms with Crippen molar-refractivity contribution < 1.29 is 9.90 Å². The predicted molar refractivity (Wildman–Crippen MR) is 50.2 cm³/mol. The highest BCUT2D eigenvalue weighted by atomic mass is 32.2. The first-order valence-electron chi connectivity index (χ1n) is 2.65. The van der Waals surface area contributed by atoms with E-state index in [9.17, 15) is 4.79 Å². The van der Waals surface area contributed by atoms with Crippen LogP contribution in [0.3, 0.4) is 0 Å². The number of carboxylic acids is 1. The van der Waals surface area contributed by atoms with Crippen LogP contribution in [-0.4, -0.2) is 29.1 Å². The monoisotopic (exact) mass is 184 g/mol. The molecule has 0 spiro atoms. The largest absolute Gasteiger partial charge is 0.480 e. The van der Waals surface area contributed by atoms with Crippen molar-refractivity contribution in [2.45, 2.75) is 12.5 Å². The Morgan fingerprint density at radius 2 is 2.30 bits per heavy atom. The van der Waals surface area contributed by atoms with Gasteiger partial charge in [0.2, 0.25) is 0 Å². The van der Waals surface area contributed by atoms with Crippen molar-refractivity contribution in [1.29, 1.82) is 0 Å².